The van der Waals surface area contributed by atoms with Gasteiger partial charge in [-0.2, -0.15) is 0 Å². The van der Waals surface area contributed by atoms with Gasteiger partial charge in [-0.25, -0.2) is 0 Å². The standard InChI is InChI=1S/C19H30O6/c1-3-5-13-8-7-12(9-14(13)6-4-2)10-15(21)17(23)19(25)18(24)16(22)11-20/h7-10,16-25H,3-6,11H2,1-2H3/t16-,17+,18-,19-/m1/s1. The molecule has 0 heterocycles. The molecule has 0 bridgehead atoms. The SMILES string of the molecule is CCCc1ccc(C=C(O)[C@H](O)[C@@H](O)[C@H](O)[C@H](O)CO)cc1CCC. The van der Waals surface area contributed by atoms with Crippen LogP contribution in [0.15, 0.2) is 24.0 Å². The molecule has 142 valence electrons. The highest BCUT2D eigenvalue weighted by molar-refractivity contribution is 5.54. The van der Waals surface area contributed by atoms with Gasteiger partial charge in [-0.15, -0.1) is 0 Å². The molecule has 0 aliphatic heterocycles. The van der Waals surface area contributed by atoms with Crippen molar-refractivity contribution < 1.29 is 30.6 Å². The van der Waals surface area contributed by atoms with Gasteiger partial charge in [-0.3, -0.25) is 0 Å². The van der Waals surface area contributed by atoms with E-state index >= 15 is 0 Å². The molecule has 0 amide bonds. The molecule has 1 aromatic carbocycles. The van der Waals surface area contributed by atoms with Gasteiger partial charge in [0, 0.05) is 0 Å². The zero-order valence-electron chi connectivity index (χ0n) is 14.8. The van der Waals surface area contributed by atoms with Crippen molar-refractivity contribution in [2.75, 3.05) is 6.61 Å². The van der Waals surface area contributed by atoms with Gasteiger partial charge in [-0.1, -0.05) is 44.9 Å². The Morgan fingerprint density at radius 3 is 2.12 bits per heavy atom. The molecule has 0 spiro atoms. The molecule has 4 atom stereocenters. The van der Waals surface area contributed by atoms with Crippen LogP contribution in [0.3, 0.4) is 0 Å². The Morgan fingerprint density at radius 1 is 0.960 bits per heavy atom. The van der Waals surface area contributed by atoms with E-state index in [1.807, 2.05) is 18.2 Å². The van der Waals surface area contributed by atoms with E-state index in [2.05, 4.69) is 13.8 Å². The summed E-state index contributed by atoms with van der Waals surface area (Å²) in [6, 6.07) is 5.74. The largest absolute Gasteiger partial charge is 0.509 e. The van der Waals surface area contributed by atoms with Crippen LogP contribution >= 0.6 is 0 Å². The maximum atomic E-state index is 10.0. The quantitative estimate of drug-likeness (QED) is 0.348. The minimum absolute atomic E-state index is 0.526. The van der Waals surface area contributed by atoms with Crippen LogP contribution in [-0.4, -0.2) is 61.7 Å². The lowest BCUT2D eigenvalue weighted by Crippen LogP contribution is -2.46. The van der Waals surface area contributed by atoms with Gasteiger partial charge in [-0.05, 0) is 35.6 Å². The van der Waals surface area contributed by atoms with Gasteiger partial charge >= 0.3 is 0 Å². The number of aliphatic hydroxyl groups excluding tert-OH is 6. The monoisotopic (exact) mass is 354 g/mol. The Morgan fingerprint density at radius 2 is 1.56 bits per heavy atom. The number of benzene rings is 1. The maximum absolute atomic E-state index is 10.0. The van der Waals surface area contributed by atoms with Gasteiger partial charge in [0.25, 0.3) is 0 Å². The van der Waals surface area contributed by atoms with Gasteiger partial charge in [0.15, 0.2) is 0 Å². The lowest BCUT2D eigenvalue weighted by Gasteiger charge is -2.25. The molecular weight excluding hydrogens is 324 g/mol. The Labute approximate surface area is 148 Å². The number of aryl methyl sites for hydroxylation is 2. The second-order valence-electron chi connectivity index (χ2n) is 6.27. The smallest absolute Gasteiger partial charge is 0.139 e. The van der Waals surface area contributed by atoms with Crippen molar-refractivity contribution in [2.45, 2.75) is 63.9 Å². The van der Waals surface area contributed by atoms with Gasteiger partial charge in [0.05, 0.1) is 6.61 Å². The first-order chi connectivity index (χ1) is 11.8. The third-order valence-corrected chi connectivity index (χ3v) is 4.14. The number of aliphatic hydroxyl groups is 6. The van der Waals surface area contributed by atoms with E-state index in [-0.39, 0.29) is 0 Å². The molecule has 0 saturated carbocycles. The second-order valence-corrected chi connectivity index (χ2v) is 6.27. The third-order valence-electron chi connectivity index (χ3n) is 4.14. The minimum Gasteiger partial charge on any atom is -0.509 e. The molecule has 25 heavy (non-hydrogen) atoms. The van der Waals surface area contributed by atoms with E-state index in [4.69, 9.17) is 5.11 Å². The van der Waals surface area contributed by atoms with Crippen molar-refractivity contribution in [1.82, 2.24) is 0 Å². The summed E-state index contributed by atoms with van der Waals surface area (Å²) in [7, 11) is 0. The predicted molar refractivity (Wildman–Crippen MR) is 96.2 cm³/mol. The van der Waals surface area contributed by atoms with Crippen LogP contribution in [0.2, 0.25) is 0 Å². The summed E-state index contributed by atoms with van der Waals surface area (Å²) in [5.41, 5.74) is 3.10. The highest BCUT2D eigenvalue weighted by Gasteiger charge is 2.32. The van der Waals surface area contributed by atoms with Crippen molar-refractivity contribution >= 4 is 6.08 Å². The molecule has 0 fully saturated rings. The lowest BCUT2D eigenvalue weighted by atomic mass is 9.96. The fourth-order valence-electron chi connectivity index (χ4n) is 2.70. The van der Waals surface area contributed by atoms with Gasteiger partial charge < -0.3 is 30.6 Å². The molecule has 0 radical (unpaired) electrons. The van der Waals surface area contributed by atoms with Crippen LogP contribution in [0.1, 0.15) is 43.4 Å². The van der Waals surface area contributed by atoms with Crippen LogP contribution in [0.25, 0.3) is 6.08 Å². The first-order valence-electron chi connectivity index (χ1n) is 8.71. The van der Waals surface area contributed by atoms with Crippen molar-refractivity contribution in [3.63, 3.8) is 0 Å². The lowest BCUT2D eigenvalue weighted by molar-refractivity contribution is -0.112. The molecular formula is C19H30O6. The second kappa shape index (κ2) is 10.5. The summed E-state index contributed by atoms with van der Waals surface area (Å²) in [6.45, 7) is 3.43. The average molecular weight is 354 g/mol. The predicted octanol–water partition coefficient (Wildman–Crippen LogP) is 0.926. The maximum Gasteiger partial charge on any atom is 0.139 e. The zero-order valence-corrected chi connectivity index (χ0v) is 14.8. The van der Waals surface area contributed by atoms with E-state index < -0.39 is 36.8 Å². The zero-order chi connectivity index (χ0) is 19.0. The average Bonchev–Trinajstić information content (AvgIpc) is 2.61. The summed E-state index contributed by atoms with van der Waals surface area (Å²) in [6.07, 6.45) is -1.77. The summed E-state index contributed by atoms with van der Waals surface area (Å²) in [5.74, 6) is -0.526. The third kappa shape index (κ3) is 6.09. The number of hydrogen-bond acceptors (Lipinski definition) is 6. The first kappa shape index (κ1) is 21.6. The van der Waals surface area contributed by atoms with Crippen LogP contribution in [0.5, 0.6) is 0 Å². The molecule has 0 aliphatic carbocycles. The highest BCUT2D eigenvalue weighted by atomic mass is 16.4. The molecule has 0 aliphatic rings. The summed E-state index contributed by atoms with van der Waals surface area (Å²) in [5, 5.41) is 57.5. The molecule has 1 rings (SSSR count). The molecule has 0 saturated heterocycles. The molecule has 6 nitrogen and oxygen atoms in total. The first-order valence-corrected chi connectivity index (χ1v) is 8.71. The fourth-order valence-corrected chi connectivity index (χ4v) is 2.70. The van der Waals surface area contributed by atoms with E-state index in [1.165, 1.54) is 17.2 Å². The minimum atomic E-state index is -1.83. The summed E-state index contributed by atoms with van der Waals surface area (Å²) >= 11 is 0. The molecule has 0 aromatic heterocycles. The van der Waals surface area contributed by atoms with Crippen LogP contribution in [0, 0.1) is 0 Å². The number of rotatable bonds is 10. The van der Waals surface area contributed by atoms with Crippen LogP contribution in [0.4, 0.5) is 0 Å². The van der Waals surface area contributed by atoms with Crippen LogP contribution < -0.4 is 0 Å². The van der Waals surface area contributed by atoms with Crippen LogP contribution in [-0.2, 0) is 12.8 Å². The Hall–Kier alpha value is -1.44. The van der Waals surface area contributed by atoms with Crippen molar-refractivity contribution in [2.24, 2.45) is 0 Å². The van der Waals surface area contributed by atoms with Crippen molar-refractivity contribution in [3.05, 3.63) is 40.6 Å². The topological polar surface area (TPSA) is 121 Å². The van der Waals surface area contributed by atoms with Gasteiger partial charge in [0.2, 0.25) is 0 Å². The van der Waals surface area contributed by atoms with E-state index in [1.54, 1.807) is 0 Å². The fraction of sp³-hybridized carbons (Fsp3) is 0.579. The number of hydrogen-bond donors (Lipinski definition) is 6. The van der Waals surface area contributed by atoms with E-state index in [0.717, 1.165) is 25.7 Å². The Kier molecular flexibility index (Phi) is 9.10. The summed E-state index contributed by atoms with van der Waals surface area (Å²) in [4.78, 5) is 0. The molecule has 6 heteroatoms. The van der Waals surface area contributed by atoms with Crippen molar-refractivity contribution in [1.29, 1.82) is 0 Å². The highest BCUT2D eigenvalue weighted by Crippen LogP contribution is 2.19. The molecule has 0 unspecified atom stereocenters. The normalized spacial score (nSPS) is 17.2. The Bertz CT molecular complexity index is 557. The summed E-state index contributed by atoms with van der Waals surface area (Å²) < 4.78 is 0. The van der Waals surface area contributed by atoms with E-state index in [9.17, 15) is 25.5 Å². The molecule has 1 aromatic rings. The molecule has 6 N–H and O–H groups in total. The Balaban J connectivity index is 2.98. The van der Waals surface area contributed by atoms with Gasteiger partial charge in [0.1, 0.15) is 30.2 Å². The van der Waals surface area contributed by atoms with E-state index in [0.29, 0.717) is 5.56 Å². The van der Waals surface area contributed by atoms with Crippen molar-refractivity contribution in [3.8, 4) is 0 Å².